The third kappa shape index (κ3) is 2.68. The van der Waals surface area contributed by atoms with Crippen LogP contribution < -0.4 is 4.74 Å². The fraction of sp³-hybridized carbons (Fsp3) is 0.0833. The normalized spacial score (nSPS) is 10.4. The van der Waals surface area contributed by atoms with E-state index in [4.69, 9.17) is 27.9 Å². The maximum absolute atomic E-state index is 13.3. The first kappa shape index (κ1) is 12.1. The summed E-state index contributed by atoms with van der Waals surface area (Å²) in [5, 5.41) is 1.02. The Hall–Kier alpha value is -1.32. The molecule has 1 aromatic heterocycles. The summed E-state index contributed by atoms with van der Waals surface area (Å²) in [6.45, 7) is 0. The van der Waals surface area contributed by atoms with Gasteiger partial charge in [0.1, 0.15) is 0 Å². The summed E-state index contributed by atoms with van der Waals surface area (Å²) in [7, 11) is 1.42. The van der Waals surface area contributed by atoms with Crippen molar-refractivity contribution < 1.29 is 9.13 Å². The Balaban J connectivity index is 2.59. The van der Waals surface area contributed by atoms with Gasteiger partial charge in [0.25, 0.3) is 0 Å². The van der Waals surface area contributed by atoms with Crippen LogP contribution >= 0.6 is 23.2 Å². The highest BCUT2D eigenvalue weighted by Crippen LogP contribution is 2.32. The molecule has 0 saturated heterocycles. The highest BCUT2D eigenvalue weighted by molar-refractivity contribution is 6.35. The minimum atomic E-state index is -0.629. The third-order valence-electron chi connectivity index (χ3n) is 2.22. The van der Waals surface area contributed by atoms with Crippen molar-refractivity contribution in [2.75, 3.05) is 7.11 Å². The van der Waals surface area contributed by atoms with E-state index in [9.17, 15) is 4.39 Å². The van der Waals surface area contributed by atoms with Gasteiger partial charge in [-0.1, -0.05) is 23.2 Å². The van der Waals surface area contributed by atoms with Crippen LogP contribution in [0.25, 0.3) is 11.1 Å². The molecule has 0 unspecified atom stereocenters. The zero-order valence-electron chi connectivity index (χ0n) is 8.88. The van der Waals surface area contributed by atoms with Gasteiger partial charge in [0, 0.05) is 27.7 Å². The molecule has 17 heavy (non-hydrogen) atoms. The Morgan fingerprint density at radius 3 is 2.65 bits per heavy atom. The van der Waals surface area contributed by atoms with E-state index >= 15 is 0 Å². The second-order valence-corrected chi connectivity index (χ2v) is 4.19. The predicted molar refractivity (Wildman–Crippen MR) is 66.2 cm³/mol. The lowest BCUT2D eigenvalue weighted by Gasteiger charge is -2.07. The number of pyridine rings is 1. The van der Waals surface area contributed by atoms with Crippen molar-refractivity contribution in [3.8, 4) is 17.0 Å². The molecule has 1 heterocycles. The first-order chi connectivity index (χ1) is 8.10. The van der Waals surface area contributed by atoms with E-state index in [2.05, 4.69) is 4.98 Å². The predicted octanol–water partition coefficient (Wildman–Crippen LogP) is 4.20. The second kappa shape index (κ2) is 4.90. The van der Waals surface area contributed by atoms with Crippen molar-refractivity contribution in [1.29, 1.82) is 0 Å². The van der Waals surface area contributed by atoms with Crippen LogP contribution in [-0.2, 0) is 0 Å². The lowest BCUT2D eigenvalue weighted by Crippen LogP contribution is -1.92. The van der Waals surface area contributed by atoms with Crippen molar-refractivity contribution in [3.05, 3.63) is 46.3 Å². The zero-order chi connectivity index (χ0) is 12.4. The molecular formula is C12H8Cl2FNO. The van der Waals surface area contributed by atoms with Crippen molar-refractivity contribution in [2.24, 2.45) is 0 Å². The minimum Gasteiger partial charge on any atom is -0.481 e. The maximum atomic E-state index is 13.3. The number of hydrogen-bond donors (Lipinski definition) is 0. The molecule has 0 radical (unpaired) electrons. The smallest absolute Gasteiger partial charge is 0.216 e. The summed E-state index contributed by atoms with van der Waals surface area (Å²) in [4.78, 5) is 3.56. The number of methoxy groups -OCH3 is 1. The van der Waals surface area contributed by atoms with Crippen LogP contribution in [0.1, 0.15) is 0 Å². The molecule has 0 saturated carbocycles. The van der Waals surface area contributed by atoms with E-state index in [1.807, 2.05) is 0 Å². The maximum Gasteiger partial charge on any atom is 0.216 e. The summed E-state index contributed by atoms with van der Waals surface area (Å²) in [5.74, 6) is -0.438. The van der Waals surface area contributed by atoms with E-state index in [-0.39, 0.29) is 5.88 Å². The summed E-state index contributed by atoms with van der Waals surface area (Å²) in [5.41, 5.74) is 1.21. The van der Waals surface area contributed by atoms with Crippen LogP contribution in [-0.4, -0.2) is 12.1 Å². The number of aromatic nitrogens is 1. The third-order valence-corrected chi connectivity index (χ3v) is 2.78. The number of ether oxygens (including phenoxy) is 1. The van der Waals surface area contributed by atoms with Crippen LogP contribution in [0.3, 0.4) is 0 Å². The topological polar surface area (TPSA) is 22.1 Å². The van der Waals surface area contributed by atoms with E-state index in [0.717, 1.165) is 0 Å². The van der Waals surface area contributed by atoms with Gasteiger partial charge in [0.2, 0.25) is 11.8 Å². The Labute approximate surface area is 108 Å². The number of halogens is 3. The fourth-order valence-corrected chi connectivity index (χ4v) is 1.85. The summed E-state index contributed by atoms with van der Waals surface area (Å²) in [6, 6.07) is 7.87. The van der Waals surface area contributed by atoms with Gasteiger partial charge in [0.05, 0.1) is 7.11 Å². The SMILES string of the molecule is COc1cc(-c2cc(Cl)ccc2Cl)cc(F)n1. The van der Waals surface area contributed by atoms with E-state index < -0.39 is 5.95 Å². The molecule has 0 atom stereocenters. The van der Waals surface area contributed by atoms with Crippen molar-refractivity contribution in [3.63, 3.8) is 0 Å². The summed E-state index contributed by atoms with van der Waals surface area (Å²) >= 11 is 11.9. The molecule has 0 bridgehead atoms. The van der Waals surface area contributed by atoms with Gasteiger partial charge in [-0.15, -0.1) is 0 Å². The number of rotatable bonds is 2. The van der Waals surface area contributed by atoms with E-state index in [1.54, 1.807) is 24.3 Å². The molecular weight excluding hydrogens is 264 g/mol. The molecule has 5 heteroatoms. The average molecular weight is 272 g/mol. The molecule has 88 valence electrons. The van der Waals surface area contributed by atoms with Crippen LogP contribution in [0.5, 0.6) is 5.88 Å². The van der Waals surface area contributed by atoms with Gasteiger partial charge >= 0.3 is 0 Å². The van der Waals surface area contributed by atoms with Crippen LogP contribution in [0.2, 0.25) is 10.0 Å². The largest absolute Gasteiger partial charge is 0.481 e. The highest BCUT2D eigenvalue weighted by Gasteiger charge is 2.08. The van der Waals surface area contributed by atoms with Crippen molar-refractivity contribution >= 4 is 23.2 Å². The van der Waals surface area contributed by atoms with Gasteiger partial charge in [-0.2, -0.15) is 9.37 Å². The number of nitrogens with zero attached hydrogens (tertiary/aromatic N) is 1. The molecule has 0 aliphatic rings. The highest BCUT2D eigenvalue weighted by atomic mass is 35.5. The first-order valence-corrected chi connectivity index (χ1v) is 5.53. The summed E-state index contributed by atoms with van der Waals surface area (Å²) < 4.78 is 18.2. The lowest BCUT2D eigenvalue weighted by molar-refractivity contribution is 0.388. The van der Waals surface area contributed by atoms with Crippen LogP contribution in [0.15, 0.2) is 30.3 Å². The van der Waals surface area contributed by atoms with Gasteiger partial charge in [0.15, 0.2) is 0 Å². The quantitative estimate of drug-likeness (QED) is 0.764. The van der Waals surface area contributed by atoms with E-state index in [0.29, 0.717) is 21.2 Å². The van der Waals surface area contributed by atoms with Gasteiger partial charge in [-0.25, -0.2) is 0 Å². The Morgan fingerprint density at radius 1 is 1.18 bits per heavy atom. The second-order valence-electron chi connectivity index (χ2n) is 3.35. The van der Waals surface area contributed by atoms with Crippen LogP contribution in [0, 0.1) is 5.95 Å². The van der Waals surface area contributed by atoms with Crippen molar-refractivity contribution in [1.82, 2.24) is 4.98 Å². The molecule has 0 spiro atoms. The average Bonchev–Trinajstić information content (AvgIpc) is 2.31. The standard InChI is InChI=1S/C12H8Cl2FNO/c1-17-12-5-7(4-11(15)16-12)9-6-8(13)2-3-10(9)14/h2-6H,1H3. The van der Waals surface area contributed by atoms with Gasteiger partial charge < -0.3 is 4.74 Å². The fourth-order valence-electron chi connectivity index (χ4n) is 1.45. The van der Waals surface area contributed by atoms with Crippen molar-refractivity contribution in [2.45, 2.75) is 0 Å². The van der Waals surface area contributed by atoms with Crippen LogP contribution in [0.4, 0.5) is 4.39 Å². The molecule has 0 amide bonds. The molecule has 0 aliphatic carbocycles. The molecule has 2 nitrogen and oxygen atoms in total. The Kier molecular flexibility index (Phi) is 3.50. The molecule has 2 aromatic rings. The van der Waals surface area contributed by atoms with Gasteiger partial charge in [-0.05, 0) is 23.8 Å². The van der Waals surface area contributed by atoms with Gasteiger partial charge in [-0.3, -0.25) is 0 Å². The number of benzene rings is 1. The Morgan fingerprint density at radius 2 is 1.94 bits per heavy atom. The molecule has 0 N–H and O–H groups in total. The molecule has 0 fully saturated rings. The molecule has 1 aromatic carbocycles. The lowest BCUT2D eigenvalue weighted by atomic mass is 10.1. The molecule has 0 aliphatic heterocycles. The monoisotopic (exact) mass is 271 g/mol. The minimum absolute atomic E-state index is 0.191. The first-order valence-electron chi connectivity index (χ1n) is 4.77. The number of hydrogen-bond acceptors (Lipinski definition) is 2. The Bertz CT molecular complexity index is 560. The van der Waals surface area contributed by atoms with E-state index in [1.165, 1.54) is 13.2 Å². The molecule has 2 rings (SSSR count). The zero-order valence-corrected chi connectivity index (χ0v) is 10.4. The summed E-state index contributed by atoms with van der Waals surface area (Å²) in [6.07, 6.45) is 0.